The number of hydrogen-bond acceptors (Lipinski definition) is 5. The lowest BCUT2D eigenvalue weighted by atomic mass is 10.1. The van der Waals surface area contributed by atoms with Crippen molar-refractivity contribution in [2.24, 2.45) is 5.14 Å². The van der Waals surface area contributed by atoms with Crippen LogP contribution >= 0.6 is 0 Å². The number of methoxy groups -OCH3 is 1. The molecule has 1 saturated heterocycles. The molecule has 8 nitrogen and oxygen atoms in total. The van der Waals surface area contributed by atoms with E-state index in [2.05, 4.69) is 15.5 Å². The number of ether oxygens (including phenoxy) is 1. The lowest BCUT2D eigenvalue weighted by molar-refractivity contribution is 0.227. The number of anilines is 1. The Morgan fingerprint density at radius 2 is 1.72 bits per heavy atom. The Morgan fingerprint density at radius 1 is 1.10 bits per heavy atom. The molecule has 1 unspecified atom stereocenters. The van der Waals surface area contributed by atoms with Crippen molar-refractivity contribution in [2.75, 3.05) is 32.1 Å². The van der Waals surface area contributed by atoms with E-state index in [9.17, 15) is 13.2 Å². The summed E-state index contributed by atoms with van der Waals surface area (Å²) in [6, 6.07) is 13.3. The van der Waals surface area contributed by atoms with Crippen molar-refractivity contribution >= 4 is 21.7 Å². The maximum Gasteiger partial charge on any atom is 0.319 e. The molecule has 1 fully saturated rings. The molecular weight excluding hydrogens is 392 g/mol. The van der Waals surface area contributed by atoms with Crippen molar-refractivity contribution in [3.63, 3.8) is 0 Å². The molecule has 9 heteroatoms. The van der Waals surface area contributed by atoms with Crippen molar-refractivity contribution in [1.29, 1.82) is 0 Å². The fourth-order valence-corrected chi connectivity index (χ4v) is 3.95. The van der Waals surface area contributed by atoms with Crippen LogP contribution in [0.25, 0.3) is 0 Å². The fourth-order valence-electron chi connectivity index (χ4n) is 3.43. The lowest BCUT2D eigenvalue weighted by Crippen LogP contribution is -2.38. The van der Waals surface area contributed by atoms with Gasteiger partial charge in [0.15, 0.2) is 0 Å². The van der Waals surface area contributed by atoms with Crippen LogP contribution < -0.4 is 20.5 Å². The smallest absolute Gasteiger partial charge is 0.319 e. The van der Waals surface area contributed by atoms with Gasteiger partial charge in [0.05, 0.1) is 18.0 Å². The summed E-state index contributed by atoms with van der Waals surface area (Å²) in [6.07, 6.45) is 2.30. The fraction of sp³-hybridized carbons (Fsp3) is 0.350. The molecule has 1 heterocycles. The Bertz CT molecular complexity index is 924. The number of carbonyl (C=O) groups excluding carboxylic acids is 1. The minimum atomic E-state index is -3.76. The van der Waals surface area contributed by atoms with Crippen LogP contribution in [0.5, 0.6) is 5.75 Å². The van der Waals surface area contributed by atoms with E-state index in [4.69, 9.17) is 9.88 Å². The molecule has 0 aliphatic carbocycles. The van der Waals surface area contributed by atoms with Gasteiger partial charge >= 0.3 is 6.03 Å². The summed E-state index contributed by atoms with van der Waals surface area (Å²) in [7, 11) is -2.12. The number of hydrogen-bond donors (Lipinski definition) is 3. The van der Waals surface area contributed by atoms with E-state index in [0.717, 1.165) is 37.2 Å². The van der Waals surface area contributed by atoms with Gasteiger partial charge in [-0.15, -0.1) is 0 Å². The van der Waals surface area contributed by atoms with Crippen molar-refractivity contribution in [2.45, 2.75) is 23.8 Å². The van der Waals surface area contributed by atoms with Crippen LogP contribution in [0.1, 0.15) is 24.4 Å². The molecule has 1 aliphatic heterocycles. The van der Waals surface area contributed by atoms with E-state index < -0.39 is 10.0 Å². The minimum Gasteiger partial charge on any atom is -0.497 e. The molecule has 0 saturated carbocycles. The Hall–Kier alpha value is -2.62. The van der Waals surface area contributed by atoms with Crippen LogP contribution in [0.4, 0.5) is 10.5 Å². The third-order valence-corrected chi connectivity index (χ3v) is 5.91. The number of sulfonamides is 1. The Kier molecular flexibility index (Phi) is 6.73. The van der Waals surface area contributed by atoms with E-state index in [1.165, 1.54) is 24.3 Å². The number of nitrogens with zero attached hydrogens (tertiary/aromatic N) is 1. The van der Waals surface area contributed by atoms with Crippen LogP contribution in [0.2, 0.25) is 0 Å². The number of benzene rings is 2. The number of nitrogens with two attached hydrogens (primary N) is 1. The van der Waals surface area contributed by atoms with Gasteiger partial charge in [-0.3, -0.25) is 4.90 Å². The zero-order valence-corrected chi connectivity index (χ0v) is 17.1. The molecule has 0 bridgehead atoms. The van der Waals surface area contributed by atoms with Gasteiger partial charge in [0.2, 0.25) is 10.0 Å². The number of rotatable bonds is 7. The lowest BCUT2D eigenvalue weighted by Gasteiger charge is -2.28. The number of carbonyl (C=O) groups is 1. The van der Waals surface area contributed by atoms with Crippen LogP contribution in [0, 0.1) is 0 Å². The molecule has 3 rings (SSSR count). The average Bonchev–Trinajstić information content (AvgIpc) is 3.23. The largest absolute Gasteiger partial charge is 0.497 e. The normalized spacial score (nSPS) is 15.7. The van der Waals surface area contributed by atoms with Crippen molar-refractivity contribution in [3.05, 3.63) is 54.1 Å². The molecular formula is C20H26N4O4S. The quantitative estimate of drug-likeness (QED) is 0.638. The molecule has 2 aromatic rings. The monoisotopic (exact) mass is 418 g/mol. The third kappa shape index (κ3) is 5.69. The predicted molar refractivity (Wildman–Crippen MR) is 111 cm³/mol. The Labute approximate surface area is 171 Å². The molecule has 0 spiro atoms. The molecule has 2 aromatic carbocycles. The van der Waals surface area contributed by atoms with Crippen molar-refractivity contribution in [3.8, 4) is 5.75 Å². The number of urea groups is 1. The van der Waals surface area contributed by atoms with Gasteiger partial charge in [-0.25, -0.2) is 18.4 Å². The number of nitrogens with one attached hydrogen (secondary N) is 2. The zero-order valence-electron chi connectivity index (χ0n) is 16.3. The van der Waals surface area contributed by atoms with E-state index in [0.29, 0.717) is 12.2 Å². The molecule has 4 N–H and O–H groups in total. The van der Waals surface area contributed by atoms with Gasteiger partial charge in [0.25, 0.3) is 0 Å². The molecule has 1 atom stereocenters. The van der Waals surface area contributed by atoms with Crippen molar-refractivity contribution < 1.29 is 17.9 Å². The summed E-state index contributed by atoms with van der Waals surface area (Å²) < 4.78 is 27.9. The third-order valence-electron chi connectivity index (χ3n) is 4.98. The standard InChI is InChI=1S/C20H26N4O4S/c1-28-17-8-4-15(5-9-17)19(24-12-2-3-13-24)14-22-20(25)23-16-6-10-18(11-7-16)29(21,26)27/h4-11,19H,2-3,12-14H2,1H3,(H2,21,26,27)(H2,22,23,25). The van der Waals surface area contributed by atoms with Crippen LogP contribution in [0.3, 0.4) is 0 Å². The topological polar surface area (TPSA) is 114 Å². The number of amides is 2. The van der Waals surface area contributed by atoms with E-state index >= 15 is 0 Å². The highest BCUT2D eigenvalue weighted by Gasteiger charge is 2.24. The molecule has 0 aromatic heterocycles. The first-order valence-electron chi connectivity index (χ1n) is 9.42. The second kappa shape index (κ2) is 9.25. The second-order valence-electron chi connectivity index (χ2n) is 6.94. The maximum atomic E-state index is 12.3. The number of primary sulfonamides is 1. The summed E-state index contributed by atoms with van der Waals surface area (Å²) >= 11 is 0. The average molecular weight is 419 g/mol. The van der Waals surface area contributed by atoms with Gasteiger partial charge in [-0.05, 0) is 67.9 Å². The summed E-state index contributed by atoms with van der Waals surface area (Å²) in [5, 5.41) is 10.7. The van der Waals surface area contributed by atoms with E-state index in [1.54, 1.807) is 7.11 Å². The summed E-state index contributed by atoms with van der Waals surface area (Å²) in [4.78, 5) is 14.7. The summed E-state index contributed by atoms with van der Waals surface area (Å²) in [5.41, 5.74) is 1.60. The Morgan fingerprint density at radius 3 is 2.28 bits per heavy atom. The van der Waals surface area contributed by atoms with Gasteiger partial charge in [0.1, 0.15) is 5.75 Å². The van der Waals surface area contributed by atoms with E-state index in [-0.39, 0.29) is 17.0 Å². The van der Waals surface area contributed by atoms with Crippen LogP contribution in [-0.4, -0.2) is 46.1 Å². The summed E-state index contributed by atoms with van der Waals surface area (Å²) in [5.74, 6) is 0.794. The van der Waals surface area contributed by atoms with Crippen LogP contribution in [0.15, 0.2) is 53.4 Å². The molecule has 2 amide bonds. The highest BCUT2D eigenvalue weighted by atomic mass is 32.2. The molecule has 1 aliphatic rings. The SMILES string of the molecule is COc1ccc(C(CNC(=O)Nc2ccc(S(N)(=O)=O)cc2)N2CCCC2)cc1. The highest BCUT2D eigenvalue weighted by molar-refractivity contribution is 7.89. The van der Waals surface area contributed by atoms with Crippen LogP contribution in [-0.2, 0) is 10.0 Å². The maximum absolute atomic E-state index is 12.3. The van der Waals surface area contributed by atoms with Gasteiger partial charge in [-0.1, -0.05) is 12.1 Å². The number of likely N-dealkylation sites (tertiary alicyclic amines) is 1. The van der Waals surface area contributed by atoms with Gasteiger partial charge in [0, 0.05) is 12.2 Å². The molecule has 0 radical (unpaired) electrons. The van der Waals surface area contributed by atoms with Gasteiger partial charge < -0.3 is 15.4 Å². The zero-order chi connectivity index (χ0) is 20.9. The first-order valence-corrected chi connectivity index (χ1v) is 11.0. The second-order valence-corrected chi connectivity index (χ2v) is 8.50. The first kappa shape index (κ1) is 21.1. The van der Waals surface area contributed by atoms with Gasteiger partial charge in [-0.2, -0.15) is 0 Å². The summed E-state index contributed by atoms with van der Waals surface area (Å²) in [6.45, 7) is 2.44. The molecule has 29 heavy (non-hydrogen) atoms. The highest BCUT2D eigenvalue weighted by Crippen LogP contribution is 2.26. The minimum absolute atomic E-state index is 0.00272. The first-order chi connectivity index (χ1) is 13.9. The van der Waals surface area contributed by atoms with E-state index in [1.807, 2.05) is 24.3 Å². The van der Waals surface area contributed by atoms with Crippen molar-refractivity contribution in [1.82, 2.24) is 10.2 Å². The predicted octanol–water partition coefficient (Wildman–Crippen LogP) is 2.30. The molecule has 156 valence electrons. The Balaban J connectivity index is 1.63.